The Bertz CT molecular complexity index is 362. The van der Waals surface area contributed by atoms with Crippen molar-refractivity contribution in [3.05, 3.63) is 34.3 Å². The Balaban J connectivity index is 2.19. The molecule has 1 fully saturated rings. The van der Waals surface area contributed by atoms with E-state index in [4.69, 9.17) is 11.6 Å². The molecule has 0 bridgehead atoms. The quantitative estimate of drug-likeness (QED) is 0.859. The lowest BCUT2D eigenvalue weighted by Crippen LogP contribution is -2.24. The van der Waals surface area contributed by atoms with Crippen molar-refractivity contribution < 1.29 is 8.78 Å². The first-order chi connectivity index (χ1) is 7.66. The molecule has 2 rings (SSSR count). The van der Waals surface area contributed by atoms with Crippen LogP contribution in [0.2, 0.25) is 5.02 Å². The van der Waals surface area contributed by atoms with E-state index in [-0.39, 0.29) is 5.56 Å². The van der Waals surface area contributed by atoms with Crippen molar-refractivity contribution in [3.8, 4) is 0 Å². The van der Waals surface area contributed by atoms with Gasteiger partial charge >= 0.3 is 0 Å². The maximum absolute atomic E-state index is 12.8. The Hall–Kier alpha value is -0.670. The third-order valence-corrected chi connectivity index (χ3v) is 3.20. The van der Waals surface area contributed by atoms with Gasteiger partial charge in [-0.05, 0) is 43.5 Å². The molecule has 1 saturated heterocycles. The third kappa shape index (κ3) is 2.71. The van der Waals surface area contributed by atoms with Crippen LogP contribution in [0.4, 0.5) is 8.78 Å². The van der Waals surface area contributed by atoms with E-state index in [9.17, 15) is 8.78 Å². The first-order valence-corrected chi connectivity index (χ1v) is 5.84. The molecule has 1 nitrogen and oxygen atoms in total. The summed E-state index contributed by atoms with van der Waals surface area (Å²) in [5, 5.41) is 3.83. The average Bonchev–Trinajstić information content (AvgIpc) is 2.70. The predicted molar refractivity (Wildman–Crippen MR) is 61.1 cm³/mol. The van der Waals surface area contributed by atoms with Crippen LogP contribution in [0.15, 0.2) is 18.2 Å². The SMILES string of the molecule is FC(F)c1ccc(Cl)cc1CC1CCCN1. The van der Waals surface area contributed by atoms with E-state index >= 15 is 0 Å². The molecule has 0 aliphatic carbocycles. The number of rotatable bonds is 3. The smallest absolute Gasteiger partial charge is 0.264 e. The van der Waals surface area contributed by atoms with Crippen LogP contribution >= 0.6 is 11.6 Å². The minimum atomic E-state index is -2.42. The Morgan fingerprint density at radius 1 is 1.44 bits per heavy atom. The average molecular weight is 246 g/mol. The zero-order valence-corrected chi connectivity index (χ0v) is 9.61. The van der Waals surface area contributed by atoms with E-state index in [1.54, 1.807) is 6.07 Å². The van der Waals surface area contributed by atoms with E-state index in [1.165, 1.54) is 12.1 Å². The van der Waals surface area contributed by atoms with Crippen LogP contribution in [0.1, 0.15) is 30.4 Å². The van der Waals surface area contributed by atoms with Crippen molar-refractivity contribution in [1.29, 1.82) is 0 Å². The summed E-state index contributed by atoms with van der Waals surface area (Å²) >= 11 is 5.84. The van der Waals surface area contributed by atoms with E-state index in [2.05, 4.69) is 5.32 Å². The maximum Gasteiger partial charge on any atom is 0.264 e. The molecule has 88 valence electrons. The summed E-state index contributed by atoms with van der Waals surface area (Å²) in [6, 6.07) is 4.92. The Morgan fingerprint density at radius 3 is 2.88 bits per heavy atom. The molecule has 1 atom stereocenters. The molecular weight excluding hydrogens is 232 g/mol. The largest absolute Gasteiger partial charge is 0.314 e. The highest BCUT2D eigenvalue weighted by Gasteiger charge is 2.19. The molecule has 1 aliphatic heterocycles. The number of halogens is 3. The van der Waals surface area contributed by atoms with Gasteiger partial charge in [0.15, 0.2) is 0 Å². The second-order valence-corrected chi connectivity index (χ2v) is 4.58. The van der Waals surface area contributed by atoms with E-state index in [0.29, 0.717) is 23.0 Å². The molecule has 0 saturated carbocycles. The number of alkyl halides is 2. The molecule has 1 aromatic carbocycles. The second kappa shape index (κ2) is 5.11. The van der Waals surface area contributed by atoms with Gasteiger partial charge in [-0.1, -0.05) is 17.7 Å². The summed E-state index contributed by atoms with van der Waals surface area (Å²) in [6.07, 6.45) is 0.388. The van der Waals surface area contributed by atoms with Crippen LogP contribution in [0.3, 0.4) is 0 Å². The summed E-state index contributed by atoms with van der Waals surface area (Å²) in [4.78, 5) is 0. The molecular formula is C12H14ClF2N. The number of hydrogen-bond donors (Lipinski definition) is 1. The molecule has 4 heteroatoms. The van der Waals surface area contributed by atoms with Crippen LogP contribution in [0.5, 0.6) is 0 Å². The van der Waals surface area contributed by atoms with Gasteiger partial charge in [0.1, 0.15) is 0 Å². The van der Waals surface area contributed by atoms with Gasteiger partial charge in [-0.3, -0.25) is 0 Å². The Labute approximate surface area is 98.8 Å². The van der Waals surface area contributed by atoms with E-state index in [1.807, 2.05) is 0 Å². The molecule has 1 aliphatic rings. The molecule has 1 heterocycles. The van der Waals surface area contributed by atoms with Gasteiger partial charge in [-0.25, -0.2) is 8.78 Å². The topological polar surface area (TPSA) is 12.0 Å². The molecule has 1 unspecified atom stereocenters. The summed E-state index contributed by atoms with van der Waals surface area (Å²) in [5.41, 5.74) is 0.778. The van der Waals surface area contributed by atoms with Gasteiger partial charge in [-0.2, -0.15) is 0 Å². The van der Waals surface area contributed by atoms with Crippen molar-refractivity contribution in [2.45, 2.75) is 31.7 Å². The fourth-order valence-electron chi connectivity index (χ4n) is 2.16. The van der Waals surface area contributed by atoms with Crippen molar-refractivity contribution in [3.63, 3.8) is 0 Å². The summed E-state index contributed by atoms with van der Waals surface area (Å²) in [5.74, 6) is 0. The van der Waals surface area contributed by atoms with Crippen LogP contribution in [-0.2, 0) is 6.42 Å². The zero-order valence-electron chi connectivity index (χ0n) is 8.85. The number of benzene rings is 1. The predicted octanol–water partition coefficient (Wildman–Crippen LogP) is 3.57. The molecule has 0 aromatic heterocycles. The lowest BCUT2D eigenvalue weighted by atomic mass is 9.99. The van der Waals surface area contributed by atoms with Crippen LogP contribution in [0, 0.1) is 0 Å². The highest BCUT2D eigenvalue weighted by Crippen LogP contribution is 2.27. The van der Waals surface area contributed by atoms with E-state index < -0.39 is 6.43 Å². The van der Waals surface area contributed by atoms with Crippen molar-refractivity contribution in [2.24, 2.45) is 0 Å². The lowest BCUT2D eigenvalue weighted by molar-refractivity contribution is 0.150. The van der Waals surface area contributed by atoms with Gasteiger partial charge in [0.25, 0.3) is 6.43 Å². The molecule has 0 amide bonds. The third-order valence-electron chi connectivity index (χ3n) is 2.97. The fourth-order valence-corrected chi connectivity index (χ4v) is 2.36. The van der Waals surface area contributed by atoms with E-state index in [0.717, 1.165) is 19.4 Å². The van der Waals surface area contributed by atoms with Crippen LogP contribution in [-0.4, -0.2) is 12.6 Å². The summed E-state index contributed by atoms with van der Waals surface area (Å²) < 4.78 is 25.5. The minimum Gasteiger partial charge on any atom is -0.314 e. The normalized spacial score (nSPS) is 20.6. The van der Waals surface area contributed by atoms with Gasteiger partial charge < -0.3 is 5.32 Å². The summed E-state index contributed by atoms with van der Waals surface area (Å²) in [7, 11) is 0. The lowest BCUT2D eigenvalue weighted by Gasteiger charge is -2.14. The van der Waals surface area contributed by atoms with Crippen molar-refractivity contribution in [1.82, 2.24) is 5.32 Å². The first-order valence-electron chi connectivity index (χ1n) is 5.46. The number of hydrogen-bond acceptors (Lipinski definition) is 1. The van der Waals surface area contributed by atoms with Gasteiger partial charge in [0, 0.05) is 16.6 Å². The Kier molecular flexibility index (Phi) is 3.77. The minimum absolute atomic E-state index is 0.109. The van der Waals surface area contributed by atoms with Gasteiger partial charge in [0.05, 0.1) is 0 Å². The van der Waals surface area contributed by atoms with Crippen molar-refractivity contribution in [2.75, 3.05) is 6.54 Å². The van der Waals surface area contributed by atoms with Gasteiger partial charge in [0.2, 0.25) is 0 Å². The monoisotopic (exact) mass is 245 g/mol. The molecule has 0 radical (unpaired) electrons. The Morgan fingerprint density at radius 2 is 2.25 bits per heavy atom. The molecule has 16 heavy (non-hydrogen) atoms. The van der Waals surface area contributed by atoms with Crippen LogP contribution in [0.25, 0.3) is 0 Å². The fraction of sp³-hybridized carbons (Fsp3) is 0.500. The zero-order chi connectivity index (χ0) is 11.5. The maximum atomic E-state index is 12.8. The molecule has 1 N–H and O–H groups in total. The van der Waals surface area contributed by atoms with Crippen molar-refractivity contribution >= 4 is 11.6 Å². The van der Waals surface area contributed by atoms with Gasteiger partial charge in [-0.15, -0.1) is 0 Å². The van der Waals surface area contributed by atoms with Crippen LogP contribution < -0.4 is 5.32 Å². The highest BCUT2D eigenvalue weighted by molar-refractivity contribution is 6.30. The number of nitrogens with one attached hydrogen (secondary N) is 1. The summed E-state index contributed by atoms with van der Waals surface area (Å²) in [6.45, 7) is 0.981. The second-order valence-electron chi connectivity index (χ2n) is 4.14. The standard InChI is InChI=1S/C12H14ClF2N/c13-9-3-4-11(12(14)15)8(6-9)7-10-2-1-5-16-10/h3-4,6,10,12,16H,1-2,5,7H2. The first kappa shape index (κ1) is 11.8. The molecule has 0 spiro atoms. The molecule has 1 aromatic rings. The highest BCUT2D eigenvalue weighted by atomic mass is 35.5.